The molecule has 3 aromatic rings. The lowest BCUT2D eigenvalue weighted by atomic mass is 10.1. The van der Waals surface area contributed by atoms with E-state index in [9.17, 15) is 13.2 Å². The average molecular weight is 345 g/mol. The molecule has 2 aromatic heterocycles. The molecule has 0 unspecified atom stereocenters. The number of sulfonamides is 1. The maximum atomic E-state index is 12.0. The van der Waals surface area contributed by atoms with E-state index in [-0.39, 0.29) is 5.25 Å². The molecule has 0 spiro atoms. The SMILES string of the molecule is Cn1c(=O)oc2ccc(-c3cncc(NS(=O)(=O)C4CC4)c3)cc21. The molecular weight excluding hydrogens is 330 g/mol. The molecule has 1 fully saturated rings. The molecule has 1 aliphatic carbocycles. The molecule has 1 saturated carbocycles. The predicted octanol–water partition coefficient (Wildman–Crippen LogP) is 2.10. The monoisotopic (exact) mass is 345 g/mol. The van der Waals surface area contributed by atoms with Crippen LogP contribution in [0.15, 0.2) is 45.9 Å². The highest BCUT2D eigenvalue weighted by atomic mass is 32.2. The van der Waals surface area contributed by atoms with Gasteiger partial charge in [-0.2, -0.15) is 0 Å². The summed E-state index contributed by atoms with van der Waals surface area (Å²) in [4.78, 5) is 15.7. The van der Waals surface area contributed by atoms with Gasteiger partial charge in [0.1, 0.15) is 0 Å². The quantitative estimate of drug-likeness (QED) is 0.781. The molecule has 0 atom stereocenters. The Balaban J connectivity index is 1.73. The van der Waals surface area contributed by atoms with Gasteiger partial charge in [-0.25, -0.2) is 13.2 Å². The fourth-order valence-electron chi connectivity index (χ4n) is 2.59. The summed E-state index contributed by atoms with van der Waals surface area (Å²) >= 11 is 0. The lowest BCUT2D eigenvalue weighted by Gasteiger charge is -2.08. The summed E-state index contributed by atoms with van der Waals surface area (Å²) in [6, 6.07) is 7.07. The standard InChI is InChI=1S/C16H15N3O4S/c1-19-14-7-10(2-5-15(14)23-16(19)20)11-6-12(9-17-8-11)18-24(21,22)13-3-4-13/h2,5-9,13,18H,3-4H2,1H3. The van der Waals surface area contributed by atoms with Gasteiger partial charge in [-0.15, -0.1) is 0 Å². The molecule has 0 amide bonds. The number of pyridine rings is 1. The van der Waals surface area contributed by atoms with E-state index in [1.54, 1.807) is 25.4 Å². The van der Waals surface area contributed by atoms with Crippen LogP contribution in [-0.4, -0.2) is 23.2 Å². The summed E-state index contributed by atoms with van der Waals surface area (Å²) < 4.78 is 33.2. The molecule has 0 radical (unpaired) electrons. The van der Waals surface area contributed by atoms with E-state index in [0.717, 1.165) is 11.1 Å². The van der Waals surface area contributed by atoms with E-state index in [1.807, 2.05) is 12.1 Å². The van der Waals surface area contributed by atoms with Crippen LogP contribution in [0, 0.1) is 0 Å². The van der Waals surface area contributed by atoms with E-state index < -0.39 is 15.8 Å². The number of anilines is 1. The first-order chi connectivity index (χ1) is 11.4. The van der Waals surface area contributed by atoms with Crippen molar-refractivity contribution in [1.29, 1.82) is 0 Å². The first-order valence-electron chi connectivity index (χ1n) is 7.51. The lowest BCUT2D eigenvalue weighted by Crippen LogP contribution is -2.17. The first-order valence-corrected chi connectivity index (χ1v) is 9.05. The van der Waals surface area contributed by atoms with Crippen LogP contribution in [0.1, 0.15) is 12.8 Å². The van der Waals surface area contributed by atoms with Crippen molar-refractivity contribution in [2.24, 2.45) is 7.05 Å². The van der Waals surface area contributed by atoms with Gasteiger partial charge in [0, 0.05) is 18.8 Å². The maximum Gasteiger partial charge on any atom is 0.419 e. The predicted molar refractivity (Wildman–Crippen MR) is 90.3 cm³/mol. The number of nitrogens with zero attached hydrogens (tertiary/aromatic N) is 2. The molecule has 124 valence electrons. The molecular formula is C16H15N3O4S. The fraction of sp³-hybridized carbons (Fsp3) is 0.250. The van der Waals surface area contributed by atoms with E-state index >= 15 is 0 Å². The van der Waals surface area contributed by atoms with Gasteiger partial charge in [-0.3, -0.25) is 14.3 Å². The molecule has 7 nitrogen and oxygen atoms in total. The van der Waals surface area contributed by atoms with Crippen LogP contribution in [0.5, 0.6) is 0 Å². The van der Waals surface area contributed by atoms with Gasteiger partial charge in [0.25, 0.3) is 0 Å². The number of oxazole rings is 1. The van der Waals surface area contributed by atoms with E-state index in [0.29, 0.717) is 29.6 Å². The van der Waals surface area contributed by atoms with Crippen LogP contribution in [-0.2, 0) is 17.1 Å². The molecule has 0 saturated heterocycles. The summed E-state index contributed by atoms with van der Waals surface area (Å²) in [7, 11) is -1.69. The zero-order valence-electron chi connectivity index (χ0n) is 12.9. The molecule has 2 heterocycles. The van der Waals surface area contributed by atoms with Gasteiger partial charge in [0.2, 0.25) is 10.0 Å². The topological polar surface area (TPSA) is 94.2 Å². The Hall–Kier alpha value is -2.61. The molecule has 0 aliphatic heterocycles. The second kappa shape index (κ2) is 5.20. The second-order valence-corrected chi connectivity index (χ2v) is 7.88. The summed E-state index contributed by atoms with van der Waals surface area (Å²) in [6.07, 6.45) is 4.53. The van der Waals surface area contributed by atoms with Crippen LogP contribution in [0.3, 0.4) is 0 Å². The number of fused-ring (bicyclic) bond motifs is 1. The van der Waals surface area contributed by atoms with E-state index in [4.69, 9.17) is 4.42 Å². The maximum absolute atomic E-state index is 12.0. The number of benzene rings is 1. The zero-order chi connectivity index (χ0) is 16.9. The molecule has 4 rings (SSSR count). The molecule has 1 aliphatic rings. The van der Waals surface area contributed by atoms with Crippen molar-refractivity contribution in [3.63, 3.8) is 0 Å². The average Bonchev–Trinajstić information content (AvgIpc) is 3.36. The summed E-state index contributed by atoms with van der Waals surface area (Å²) in [5.41, 5.74) is 3.17. The smallest absolute Gasteiger partial charge is 0.408 e. The van der Waals surface area contributed by atoms with Crippen LogP contribution in [0.2, 0.25) is 0 Å². The Labute approximate surface area is 138 Å². The molecule has 1 N–H and O–H groups in total. The van der Waals surface area contributed by atoms with Crippen molar-refractivity contribution >= 4 is 26.8 Å². The number of nitrogens with one attached hydrogen (secondary N) is 1. The number of aromatic nitrogens is 2. The van der Waals surface area contributed by atoms with Crippen molar-refractivity contribution in [2.45, 2.75) is 18.1 Å². The lowest BCUT2D eigenvalue weighted by molar-refractivity contribution is 0.528. The highest BCUT2D eigenvalue weighted by Gasteiger charge is 2.35. The van der Waals surface area contributed by atoms with Crippen LogP contribution in [0.4, 0.5) is 5.69 Å². The number of hydrogen-bond donors (Lipinski definition) is 1. The molecule has 0 bridgehead atoms. The highest BCUT2D eigenvalue weighted by molar-refractivity contribution is 7.93. The molecule has 1 aromatic carbocycles. The summed E-state index contributed by atoms with van der Waals surface area (Å²) in [5.74, 6) is -0.425. The van der Waals surface area contributed by atoms with Crippen LogP contribution in [0.25, 0.3) is 22.2 Å². The van der Waals surface area contributed by atoms with Gasteiger partial charge in [0.05, 0.1) is 22.7 Å². The van der Waals surface area contributed by atoms with E-state index in [1.165, 1.54) is 10.8 Å². The number of hydrogen-bond acceptors (Lipinski definition) is 5. The van der Waals surface area contributed by atoms with Crippen molar-refractivity contribution in [3.05, 3.63) is 47.2 Å². The largest absolute Gasteiger partial charge is 0.419 e. The first kappa shape index (κ1) is 14.9. The van der Waals surface area contributed by atoms with Gasteiger partial charge in [-0.1, -0.05) is 6.07 Å². The Bertz CT molecular complexity index is 1090. The molecule has 24 heavy (non-hydrogen) atoms. The van der Waals surface area contributed by atoms with Crippen molar-refractivity contribution in [2.75, 3.05) is 4.72 Å². The summed E-state index contributed by atoms with van der Waals surface area (Å²) in [6.45, 7) is 0. The van der Waals surface area contributed by atoms with Crippen LogP contribution < -0.4 is 10.5 Å². The number of aryl methyl sites for hydroxylation is 1. The minimum atomic E-state index is -3.33. The molecule has 8 heteroatoms. The fourth-order valence-corrected chi connectivity index (χ4v) is 3.95. The minimum Gasteiger partial charge on any atom is -0.408 e. The number of rotatable bonds is 4. The Morgan fingerprint density at radius 1 is 1.21 bits per heavy atom. The van der Waals surface area contributed by atoms with Gasteiger partial charge < -0.3 is 4.42 Å². The van der Waals surface area contributed by atoms with Gasteiger partial charge in [0.15, 0.2) is 5.58 Å². The summed E-state index contributed by atoms with van der Waals surface area (Å²) in [5, 5.41) is -0.294. The third kappa shape index (κ3) is 2.58. The van der Waals surface area contributed by atoms with E-state index in [2.05, 4.69) is 9.71 Å². The van der Waals surface area contributed by atoms with Crippen molar-refractivity contribution in [1.82, 2.24) is 9.55 Å². The second-order valence-electron chi connectivity index (χ2n) is 5.92. The minimum absolute atomic E-state index is 0.294. The Morgan fingerprint density at radius 2 is 2.00 bits per heavy atom. The third-order valence-corrected chi connectivity index (χ3v) is 5.96. The van der Waals surface area contributed by atoms with Gasteiger partial charge in [-0.05, 0) is 36.6 Å². The normalized spacial score (nSPS) is 14.9. The third-order valence-electron chi connectivity index (χ3n) is 4.09. The van der Waals surface area contributed by atoms with Crippen molar-refractivity contribution < 1.29 is 12.8 Å². The van der Waals surface area contributed by atoms with Crippen molar-refractivity contribution in [3.8, 4) is 11.1 Å². The Kier molecular flexibility index (Phi) is 3.24. The highest BCUT2D eigenvalue weighted by Crippen LogP contribution is 2.31. The zero-order valence-corrected chi connectivity index (χ0v) is 13.7. The van der Waals surface area contributed by atoms with Gasteiger partial charge >= 0.3 is 5.76 Å². The Morgan fingerprint density at radius 3 is 2.75 bits per heavy atom. The van der Waals surface area contributed by atoms with Crippen LogP contribution >= 0.6 is 0 Å².